The van der Waals surface area contributed by atoms with Gasteiger partial charge in [-0.2, -0.15) is 0 Å². The molecule has 0 bridgehead atoms. The van der Waals surface area contributed by atoms with Crippen LogP contribution in [0.5, 0.6) is 0 Å². The molecular weight excluding hydrogens is 210 g/mol. The second-order valence-electron chi connectivity index (χ2n) is 4.62. The summed E-state index contributed by atoms with van der Waals surface area (Å²) in [6.07, 6.45) is 3.88. The number of ether oxygens (including phenoxy) is 1. The van der Waals surface area contributed by atoms with Gasteiger partial charge in [0.1, 0.15) is 0 Å². The number of nitrogens with one attached hydrogen (secondary N) is 1. The minimum Gasteiger partial charge on any atom is -0.377 e. The quantitative estimate of drug-likeness (QED) is 0.807. The van der Waals surface area contributed by atoms with Gasteiger partial charge >= 0.3 is 0 Å². The summed E-state index contributed by atoms with van der Waals surface area (Å²) in [5.74, 6) is 0. The van der Waals surface area contributed by atoms with Gasteiger partial charge in [0, 0.05) is 6.61 Å². The molecule has 0 saturated heterocycles. The molecule has 2 nitrogen and oxygen atoms in total. The molecule has 2 heteroatoms. The first-order valence-corrected chi connectivity index (χ1v) is 6.79. The number of hydrogen-bond donors (Lipinski definition) is 1. The van der Waals surface area contributed by atoms with Crippen LogP contribution < -0.4 is 5.32 Å². The highest BCUT2D eigenvalue weighted by Gasteiger charge is 2.27. The van der Waals surface area contributed by atoms with Crippen LogP contribution in [-0.2, 0) is 11.2 Å². The molecule has 2 unspecified atom stereocenters. The Kier molecular flexibility index (Phi) is 4.57. The summed E-state index contributed by atoms with van der Waals surface area (Å²) < 4.78 is 5.92. The van der Waals surface area contributed by atoms with E-state index in [9.17, 15) is 0 Å². The van der Waals surface area contributed by atoms with E-state index in [1.165, 1.54) is 24.0 Å². The molecule has 2 atom stereocenters. The first-order chi connectivity index (χ1) is 8.36. The van der Waals surface area contributed by atoms with Gasteiger partial charge in [-0.3, -0.25) is 0 Å². The van der Waals surface area contributed by atoms with E-state index in [2.05, 4.69) is 43.4 Å². The van der Waals surface area contributed by atoms with Crippen molar-refractivity contribution in [1.29, 1.82) is 0 Å². The van der Waals surface area contributed by atoms with Crippen LogP contribution in [0.3, 0.4) is 0 Å². The Hall–Kier alpha value is -0.860. The third kappa shape index (κ3) is 2.88. The van der Waals surface area contributed by atoms with E-state index in [1.54, 1.807) is 0 Å². The zero-order valence-electron chi connectivity index (χ0n) is 10.9. The van der Waals surface area contributed by atoms with Crippen LogP contribution in [-0.4, -0.2) is 19.3 Å². The summed E-state index contributed by atoms with van der Waals surface area (Å²) in [5.41, 5.74) is 2.92. The minimum absolute atomic E-state index is 0.323. The summed E-state index contributed by atoms with van der Waals surface area (Å²) in [4.78, 5) is 0. The third-order valence-corrected chi connectivity index (χ3v) is 3.50. The highest BCUT2D eigenvalue weighted by molar-refractivity contribution is 5.32. The zero-order valence-corrected chi connectivity index (χ0v) is 10.9. The number of likely N-dealkylation sites (N-methyl/N-ethyl adjacent to an activating group) is 1. The molecule has 1 aliphatic rings. The maximum Gasteiger partial charge on any atom is 0.0769 e. The van der Waals surface area contributed by atoms with Gasteiger partial charge < -0.3 is 10.1 Å². The monoisotopic (exact) mass is 233 g/mol. The summed E-state index contributed by atoms with van der Waals surface area (Å²) in [5, 5.41) is 3.59. The molecule has 1 aromatic carbocycles. The Bertz CT molecular complexity index is 351. The Morgan fingerprint density at radius 3 is 2.88 bits per heavy atom. The van der Waals surface area contributed by atoms with Crippen molar-refractivity contribution in [1.82, 2.24) is 5.32 Å². The normalized spacial score (nSPS) is 24.1. The molecule has 0 aliphatic heterocycles. The van der Waals surface area contributed by atoms with E-state index < -0.39 is 0 Å². The number of rotatable bonds is 4. The Labute approximate surface area is 104 Å². The molecule has 0 radical (unpaired) electrons. The van der Waals surface area contributed by atoms with Crippen LogP contribution in [0, 0.1) is 0 Å². The van der Waals surface area contributed by atoms with Gasteiger partial charge in [-0.1, -0.05) is 31.2 Å². The molecule has 0 spiro atoms. The van der Waals surface area contributed by atoms with Crippen LogP contribution in [0.25, 0.3) is 0 Å². The summed E-state index contributed by atoms with van der Waals surface area (Å²) in [7, 11) is 0. The van der Waals surface area contributed by atoms with Crippen LogP contribution in [0.15, 0.2) is 24.3 Å². The van der Waals surface area contributed by atoms with Crippen molar-refractivity contribution < 1.29 is 4.74 Å². The number of benzene rings is 1. The summed E-state index contributed by atoms with van der Waals surface area (Å²) >= 11 is 0. The molecule has 1 aliphatic carbocycles. The molecule has 0 fully saturated rings. The van der Waals surface area contributed by atoms with E-state index in [1.807, 2.05) is 0 Å². The minimum atomic E-state index is 0.323. The van der Waals surface area contributed by atoms with Crippen LogP contribution in [0.4, 0.5) is 0 Å². The number of hydrogen-bond acceptors (Lipinski definition) is 2. The Morgan fingerprint density at radius 1 is 1.29 bits per heavy atom. The average Bonchev–Trinajstić information content (AvgIpc) is 2.51. The molecule has 0 heterocycles. The fourth-order valence-electron chi connectivity index (χ4n) is 2.78. The lowest BCUT2D eigenvalue weighted by Crippen LogP contribution is -2.33. The molecule has 2 rings (SSSR count). The smallest absolute Gasteiger partial charge is 0.0769 e. The van der Waals surface area contributed by atoms with Gasteiger partial charge in [-0.25, -0.2) is 0 Å². The Balaban J connectivity index is 2.29. The molecule has 0 amide bonds. The molecule has 0 aromatic heterocycles. The van der Waals surface area contributed by atoms with Crippen molar-refractivity contribution in [2.45, 2.75) is 45.3 Å². The van der Waals surface area contributed by atoms with Gasteiger partial charge in [-0.15, -0.1) is 0 Å². The first-order valence-electron chi connectivity index (χ1n) is 6.79. The summed E-state index contributed by atoms with van der Waals surface area (Å²) in [6.45, 7) is 6.04. The molecule has 0 saturated carbocycles. The van der Waals surface area contributed by atoms with E-state index in [4.69, 9.17) is 4.74 Å². The summed E-state index contributed by atoms with van der Waals surface area (Å²) in [6, 6.07) is 9.15. The molecular formula is C15H23NO. The van der Waals surface area contributed by atoms with E-state index in [-0.39, 0.29) is 0 Å². The molecule has 1 N–H and O–H groups in total. The van der Waals surface area contributed by atoms with Crippen LogP contribution in [0.2, 0.25) is 0 Å². The van der Waals surface area contributed by atoms with Gasteiger partial charge in [0.05, 0.1) is 12.1 Å². The maximum atomic E-state index is 5.92. The predicted octanol–water partition coefficient (Wildman–Crippen LogP) is 3.08. The second-order valence-corrected chi connectivity index (χ2v) is 4.62. The van der Waals surface area contributed by atoms with Gasteiger partial charge in [0.2, 0.25) is 0 Å². The lowest BCUT2D eigenvalue weighted by molar-refractivity contribution is 0.0293. The lowest BCUT2D eigenvalue weighted by Gasteiger charge is -2.27. The van der Waals surface area contributed by atoms with Crippen molar-refractivity contribution in [2.24, 2.45) is 0 Å². The van der Waals surface area contributed by atoms with Crippen molar-refractivity contribution in [3.8, 4) is 0 Å². The fourth-order valence-corrected chi connectivity index (χ4v) is 2.78. The standard InChI is InChI=1S/C15H23NO/c1-3-16-15-13-10-6-5-8-12(13)9-7-11-14(15)17-4-2/h5-6,8,10,14-16H,3-4,7,9,11H2,1-2H3. The third-order valence-electron chi connectivity index (χ3n) is 3.50. The SMILES string of the molecule is CCNC1c2ccccc2CCCC1OCC. The maximum absolute atomic E-state index is 5.92. The Morgan fingerprint density at radius 2 is 2.12 bits per heavy atom. The van der Waals surface area contributed by atoms with Crippen molar-refractivity contribution in [3.05, 3.63) is 35.4 Å². The largest absolute Gasteiger partial charge is 0.377 e. The second kappa shape index (κ2) is 6.18. The van der Waals surface area contributed by atoms with Crippen LogP contribution in [0.1, 0.15) is 43.9 Å². The van der Waals surface area contributed by atoms with Crippen molar-refractivity contribution in [2.75, 3.05) is 13.2 Å². The van der Waals surface area contributed by atoms with Crippen molar-refractivity contribution >= 4 is 0 Å². The van der Waals surface area contributed by atoms with Crippen LogP contribution >= 0.6 is 0 Å². The van der Waals surface area contributed by atoms with E-state index >= 15 is 0 Å². The molecule has 94 valence electrons. The predicted molar refractivity (Wildman–Crippen MR) is 71.2 cm³/mol. The first kappa shape index (κ1) is 12.6. The highest BCUT2D eigenvalue weighted by Crippen LogP contribution is 2.30. The average molecular weight is 233 g/mol. The van der Waals surface area contributed by atoms with E-state index in [0.717, 1.165) is 19.6 Å². The van der Waals surface area contributed by atoms with E-state index in [0.29, 0.717) is 12.1 Å². The topological polar surface area (TPSA) is 21.3 Å². The molecule has 17 heavy (non-hydrogen) atoms. The van der Waals surface area contributed by atoms with Gasteiger partial charge in [-0.05, 0) is 43.9 Å². The van der Waals surface area contributed by atoms with Gasteiger partial charge in [0.25, 0.3) is 0 Å². The number of fused-ring (bicyclic) bond motifs is 1. The number of aryl methyl sites for hydroxylation is 1. The zero-order chi connectivity index (χ0) is 12.1. The molecule has 1 aromatic rings. The van der Waals surface area contributed by atoms with Crippen molar-refractivity contribution in [3.63, 3.8) is 0 Å². The lowest BCUT2D eigenvalue weighted by atomic mass is 9.97. The van der Waals surface area contributed by atoms with Gasteiger partial charge in [0.15, 0.2) is 0 Å². The highest BCUT2D eigenvalue weighted by atomic mass is 16.5. The fraction of sp³-hybridized carbons (Fsp3) is 0.600.